The van der Waals surface area contributed by atoms with Crippen LogP contribution in [-0.4, -0.2) is 26.5 Å². The van der Waals surface area contributed by atoms with Crippen molar-refractivity contribution in [2.45, 2.75) is 58.9 Å². The molecule has 0 radical (unpaired) electrons. The first-order valence-corrected chi connectivity index (χ1v) is 10.2. The van der Waals surface area contributed by atoms with E-state index in [4.69, 9.17) is 4.98 Å². The summed E-state index contributed by atoms with van der Waals surface area (Å²) in [5.74, 6) is 0.462. The number of amides is 1. The van der Waals surface area contributed by atoms with Crippen LogP contribution < -0.4 is 5.32 Å². The van der Waals surface area contributed by atoms with Gasteiger partial charge in [0.1, 0.15) is 5.56 Å². The van der Waals surface area contributed by atoms with Crippen LogP contribution in [0.25, 0.3) is 5.65 Å². The lowest BCUT2D eigenvalue weighted by Crippen LogP contribution is -2.41. The van der Waals surface area contributed by atoms with Crippen LogP contribution in [0.2, 0.25) is 0 Å². The fraction of sp³-hybridized carbons (Fsp3) is 0.435. The minimum atomic E-state index is -0.0594. The number of carbonyl (C=O) groups is 1. The molecule has 1 amide bonds. The molecule has 1 aliphatic carbocycles. The maximum atomic E-state index is 12.9. The highest BCUT2D eigenvalue weighted by Crippen LogP contribution is 2.25. The van der Waals surface area contributed by atoms with Crippen molar-refractivity contribution in [3.8, 4) is 0 Å². The molecule has 146 valence electrons. The highest BCUT2D eigenvalue weighted by Gasteiger charge is 2.25. The molecule has 2 atom stereocenters. The number of hydrogen-bond acceptors (Lipinski definition) is 3. The molecule has 0 saturated heterocycles. The predicted molar refractivity (Wildman–Crippen MR) is 111 cm³/mol. The zero-order valence-electron chi connectivity index (χ0n) is 16.9. The second kappa shape index (κ2) is 7.74. The SMILES string of the molecule is Cc1nc2c(C(=O)N[C@@H]3CCCC[C@H]3C)cnn2c(C)c1Cc1ccccc1. The summed E-state index contributed by atoms with van der Waals surface area (Å²) >= 11 is 0. The summed E-state index contributed by atoms with van der Waals surface area (Å²) < 4.78 is 1.81. The van der Waals surface area contributed by atoms with Gasteiger partial charge in [-0.25, -0.2) is 9.50 Å². The highest BCUT2D eigenvalue weighted by atomic mass is 16.1. The average Bonchev–Trinajstić information content (AvgIpc) is 3.12. The van der Waals surface area contributed by atoms with Gasteiger partial charge in [0.05, 0.1) is 6.20 Å². The van der Waals surface area contributed by atoms with E-state index in [1.54, 1.807) is 6.20 Å². The van der Waals surface area contributed by atoms with Crippen LogP contribution in [0.3, 0.4) is 0 Å². The van der Waals surface area contributed by atoms with E-state index in [2.05, 4.69) is 48.5 Å². The number of carbonyl (C=O) groups excluding carboxylic acids is 1. The maximum Gasteiger partial charge on any atom is 0.256 e. The van der Waals surface area contributed by atoms with Gasteiger partial charge >= 0.3 is 0 Å². The molecule has 1 N–H and O–H groups in total. The number of aryl methyl sites for hydroxylation is 2. The predicted octanol–water partition coefficient (Wildman–Crippen LogP) is 4.25. The molecule has 28 heavy (non-hydrogen) atoms. The zero-order valence-corrected chi connectivity index (χ0v) is 16.9. The molecule has 5 heteroatoms. The van der Waals surface area contributed by atoms with Gasteiger partial charge in [-0.1, -0.05) is 50.1 Å². The van der Waals surface area contributed by atoms with Crippen LogP contribution in [0.15, 0.2) is 36.5 Å². The molecule has 1 aliphatic rings. The lowest BCUT2D eigenvalue weighted by atomic mass is 9.86. The maximum absolute atomic E-state index is 12.9. The van der Waals surface area contributed by atoms with E-state index in [1.165, 1.54) is 24.8 Å². The quantitative estimate of drug-likeness (QED) is 0.741. The Labute approximate surface area is 166 Å². The highest BCUT2D eigenvalue weighted by molar-refractivity contribution is 5.99. The van der Waals surface area contributed by atoms with Gasteiger partial charge < -0.3 is 5.32 Å². The number of hydrogen-bond donors (Lipinski definition) is 1. The molecule has 3 aromatic rings. The monoisotopic (exact) mass is 376 g/mol. The molecule has 5 nitrogen and oxygen atoms in total. The summed E-state index contributed by atoms with van der Waals surface area (Å²) in [6.45, 7) is 6.30. The molecule has 0 aliphatic heterocycles. The van der Waals surface area contributed by atoms with Crippen molar-refractivity contribution in [3.05, 3.63) is 64.6 Å². The molecule has 0 bridgehead atoms. The fourth-order valence-electron chi connectivity index (χ4n) is 4.30. The molecular formula is C23H28N4O. The van der Waals surface area contributed by atoms with Crippen molar-refractivity contribution in [1.29, 1.82) is 0 Å². The molecule has 4 rings (SSSR count). The van der Waals surface area contributed by atoms with Crippen LogP contribution in [0.5, 0.6) is 0 Å². The van der Waals surface area contributed by atoms with Crippen molar-refractivity contribution in [1.82, 2.24) is 19.9 Å². The summed E-state index contributed by atoms with van der Waals surface area (Å²) in [6, 6.07) is 10.6. The largest absolute Gasteiger partial charge is 0.349 e. The van der Waals surface area contributed by atoms with Gasteiger partial charge in [-0.15, -0.1) is 0 Å². The lowest BCUT2D eigenvalue weighted by Gasteiger charge is -2.29. The van der Waals surface area contributed by atoms with Crippen LogP contribution in [-0.2, 0) is 6.42 Å². The van der Waals surface area contributed by atoms with Crippen LogP contribution >= 0.6 is 0 Å². The topological polar surface area (TPSA) is 59.3 Å². The number of benzene rings is 1. The summed E-state index contributed by atoms with van der Waals surface area (Å²) in [5, 5.41) is 7.71. The molecule has 1 fully saturated rings. The summed E-state index contributed by atoms with van der Waals surface area (Å²) in [4.78, 5) is 17.7. The number of nitrogens with zero attached hydrogens (tertiary/aromatic N) is 3. The first-order valence-electron chi connectivity index (χ1n) is 10.2. The van der Waals surface area contributed by atoms with E-state index in [0.717, 1.165) is 29.8 Å². The standard InChI is InChI=1S/C23H28N4O/c1-15-9-7-8-12-21(15)26-23(28)20-14-24-27-17(3)19(16(2)25-22(20)27)13-18-10-5-4-6-11-18/h4-6,10-11,14-15,21H,7-9,12-13H2,1-3H3,(H,26,28)/t15-,21-/m1/s1. The van der Waals surface area contributed by atoms with Gasteiger partial charge in [-0.05, 0) is 43.7 Å². The molecule has 0 unspecified atom stereocenters. The third-order valence-electron chi connectivity index (χ3n) is 6.10. The number of nitrogens with one attached hydrogen (secondary N) is 1. The Morgan fingerprint density at radius 2 is 1.93 bits per heavy atom. The zero-order chi connectivity index (χ0) is 19.7. The van der Waals surface area contributed by atoms with Crippen molar-refractivity contribution in [2.75, 3.05) is 0 Å². The van der Waals surface area contributed by atoms with Gasteiger partial charge in [0, 0.05) is 23.9 Å². The van der Waals surface area contributed by atoms with Gasteiger partial charge in [0.2, 0.25) is 0 Å². The van der Waals surface area contributed by atoms with Gasteiger partial charge in [0.25, 0.3) is 5.91 Å². The van der Waals surface area contributed by atoms with Crippen LogP contribution in [0.4, 0.5) is 0 Å². The minimum absolute atomic E-state index is 0.0594. The van der Waals surface area contributed by atoms with Crippen LogP contribution in [0, 0.1) is 19.8 Å². The second-order valence-electron chi connectivity index (χ2n) is 8.06. The summed E-state index contributed by atoms with van der Waals surface area (Å²) in [7, 11) is 0. The van der Waals surface area contributed by atoms with E-state index >= 15 is 0 Å². The van der Waals surface area contributed by atoms with Gasteiger partial charge in [0.15, 0.2) is 5.65 Å². The average molecular weight is 377 g/mol. The van der Waals surface area contributed by atoms with E-state index in [9.17, 15) is 4.79 Å². The molecule has 1 aromatic carbocycles. The molecular weight excluding hydrogens is 348 g/mol. The number of fused-ring (bicyclic) bond motifs is 1. The first kappa shape index (κ1) is 18.7. The Balaban J connectivity index is 1.64. The van der Waals surface area contributed by atoms with Crippen molar-refractivity contribution in [2.24, 2.45) is 5.92 Å². The third kappa shape index (κ3) is 3.53. The lowest BCUT2D eigenvalue weighted by molar-refractivity contribution is 0.0912. The smallest absolute Gasteiger partial charge is 0.256 e. The minimum Gasteiger partial charge on any atom is -0.349 e. The number of rotatable bonds is 4. The van der Waals surface area contributed by atoms with E-state index in [1.807, 2.05) is 17.5 Å². The molecule has 2 heterocycles. The van der Waals surface area contributed by atoms with Gasteiger partial charge in [-0.3, -0.25) is 4.79 Å². The molecule has 1 saturated carbocycles. The fourth-order valence-corrected chi connectivity index (χ4v) is 4.30. The van der Waals surface area contributed by atoms with Crippen molar-refractivity contribution in [3.63, 3.8) is 0 Å². The van der Waals surface area contributed by atoms with E-state index < -0.39 is 0 Å². The first-order chi connectivity index (χ1) is 13.5. The molecule has 0 spiro atoms. The second-order valence-corrected chi connectivity index (χ2v) is 8.06. The Bertz CT molecular complexity index is 993. The third-order valence-corrected chi connectivity index (χ3v) is 6.10. The van der Waals surface area contributed by atoms with E-state index in [-0.39, 0.29) is 11.9 Å². The Hall–Kier alpha value is -2.69. The van der Waals surface area contributed by atoms with E-state index in [0.29, 0.717) is 17.1 Å². The van der Waals surface area contributed by atoms with Crippen LogP contribution in [0.1, 0.15) is 65.5 Å². The van der Waals surface area contributed by atoms with Crippen molar-refractivity contribution >= 4 is 11.6 Å². The Morgan fingerprint density at radius 3 is 2.68 bits per heavy atom. The van der Waals surface area contributed by atoms with Gasteiger partial charge in [-0.2, -0.15) is 5.10 Å². The molecule has 2 aromatic heterocycles. The summed E-state index contributed by atoms with van der Waals surface area (Å²) in [5.41, 5.74) is 5.61. The number of aromatic nitrogens is 3. The normalized spacial score (nSPS) is 19.7. The van der Waals surface area contributed by atoms with Crippen molar-refractivity contribution < 1.29 is 4.79 Å². The Morgan fingerprint density at radius 1 is 1.18 bits per heavy atom. The summed E-state index contributed by atoms with van der Waals surface area (Å²) in [6.07, 6.45) is 7.14. The Kier molecular flexibility index (Phi) is 5.16.